The lowest BCUT2D eigenvalue weighted by Gasteiger charge is -2.20. The van der Waals surface area contributed by atoms with Crippen molar-refractivity contribution < 1.29 is 14.7 Å². The highest BCUT2D eigenvalue weighted by Crippen LogP contribution is 2.48. The number of amides is 1. The molecule has 1 fully saturated rings. The second-order valence-electron chi connectivity index (χ2n) is 5.07. The Kier molecular flexibility index (Phi) is 4.65. The summed E-state index contributed by atoms with van der Waals surface area (Å²) in [5.41, 5.74) is 1.09. The second-order valence-corrected chi connectivity index (χ2v) is 5.50. The second kappa shape index (κ2) is 6.27. The predicted octanol–water partition coefficient (Wildman–Crippen LogP) is 2.77. The average molecular weight is 296 g/mol. The van der Waals surface area contributed by atoms with E-state index in [-0.39, 0.29) is 30.7 Å². The zero-order valence-electron chi connectivity index (χ0n) is 11.4. The number of rotatable bonds is 6. The summed E-state index contributed by atoms with van der Waals surface area (Å²) in [6.45, 7) is 2.70. The van der Waals surface area contributed by atoms with Gasteiger partial charge in [0.1, 0.15) is 0 Å². The molecule has 108 valence electrons. The topological polar surface area (TPSA) is 57.6 Å². The van der Waals surface area contributed by atoms with E-state index in [2.05, 4.69) is 0 Å². The molecule has 1 amide bonds. The van der Waals surface area contributed by atoms with Crippen molar-refractivity contribution in [3.05, 3.63) is 34.9 Å². The van der Waals surface area contributed by atoms with Crippen molar-refractivity contribution in [3.63, 3.8) is 0 Å². The smallest absolute Gasteiger partial charge is 0.305 e. The molecule has 2 atom stereocenters. The summed E-state index contributed by atoms with van der Waals surface area (Å²) in [4.78, 5) is 24.5. The zero-order chi connectivity index (χ0) is 14.7. The Hall–Kier alpha value is -1.55. The van der Waals surface area contributed by atoms with Crippen LogP contribution in [-0.2, 0) is 9.59 Å². The van der Waals surface area contributed by atoms with Gasteiger partial charge in [0.2, 0.25) is 5.91 Å². The SMILES string of the molecule is CCN(CCC(=O)O)C(=O)C1CC1c1cccc(Cl)c1. The van der Waals surface area contributed by atoms with Gasteiger partial charge in [0.15, 0.2) is 0 Å². The van der Waals surface area contributed by atoms with Gasteiger partial charge in [-0.3, -0.25) is 9.59 Å². The van der Waals surface area contributed by atoms with E-state index in [1.54, 1.807) is 4.90 Å². The van der Waals surface area contributed by atoms with Gasteiger partial charge in [0, 0.05) is 24.0 Å². The van der Waals surface area contributed by atoms with Crippen molar-refractivity contribution >= 4 is 23.5 Å². The Balaban J connectivity index is 1.96. The van der Waals surface area contributed by atoms with Crippen molar-refractivity contribution in [1.82, 2.24) is 4.90 Å². The molecule has 0 saturated heterocycles. The maximum atomic E-state index is 12.3. The fraction of sp³-hybridized carbons (Fsp3) is 0.467. The van der Waals surface area contributed by atoms with Crippen molar-refractivity contribution in [2.45, 2.75) is 25.7 Å². The van der Waals surface area contributed by atoms with E-state index < -0.39 is 5.97 Å². The number of hydrogen-bond donors (Lipinski definition) is 1. The molecule has 2 unspecified atom stereocenters. The molecule has 1 aliphatic rings. The van der Waals surface area contributed by atoms with Crippen LogP contribution in [0.15, 0.2) is 24.3 Å². The minimum absolute atomic E-state index is 0.00582. The molecule has 0 heterocycles. The quantitative estimate of drug-likeness (QED) is 0.878. The van der Waals surface area contributed by atoms with Crippen LogP contribution in [0.2, 0.25) is 5.02 Å². The number of carboxylic acids is 1. The highest BCUT2D eigenvalue weighted by Gasteiger charge is 2.45. The number of aliphatic carboxylic acids is 1. The van der Waals surface area contributed by atoms with Gasteiger partial charge in [-0.1, -0.05) is 23.7 Å². The first-order chi connectivity index (χ1) is 9.52. The normalized spacial score (nSPS) is 20.5. The molecule has 0 aliphatic heterocycles. The van der Waals surface area contributed by atoms with Gasteiger partial charge in [0.25, 0.3) is 0 Å². The van der Waals surface area contributed by atoms with E-state index in [0.29, 0.717) is 11.6 Å². The van der Waals surface area contributed by atoms with E-state index in [1.807, 2.05) is 31.2 Å². The van der Waals surface area contributed by atoms with E-state index in [1.165, 1.54) is 0 Å². The Bertz CT molecular complexity index is 518. The Morgan fingerprint density at radius 1 is 1.45 bits per heavy atom. The van der Waals surface area contributed by atoms with Crippen molar-refractivity contribution in [2.75, 3.05) is 13.1 Å². The van der Waals surface area contributed by atoms with Gasteiger partial charge in [-0.25, -0.2) is 0 Å². The number of nitrogens with zero attached hydrogens (tertiary/aromatic N) is 1. The Morgan fingerprint density at radius 2 is 2.20 bits per heavy atom. The summed E-state index contributed by atoms with van der Waals surface area (Å²) in [5.74, 6) is -0.626. The number of halogens is 1. The predicted molar refractivity (Wildman–Crippen MR) is 76.8 cm³/mol. The minimum Gasteiger partial charge on any atom is -0.481 e. The molecule has 0 radical (unpaired) electrons. The van der Waals surface area contributed by atoms with Gasteiger partial charge < -0.3 is 10.0 Å². The lowest BCUT2D eigenvalue weighted by atomic mass is 10.1. The number of benzene rings is 1. The summed E-state index contributed by atoms with van der Waals surface area (Å²) in [6.07, 6.45) is 0.816. The molecule has 0 bridgehead atoms. The fourth-order valence-electron chi connectivity index (χ4n) is 2.46. The van der Waals surface area contributed by atoms with E-state index >= 15 is 0 Å². The van der Waals surface area contributed by atoms with Crippen LogP contribution in [0.5, 0.6) is 0 Å². The largest absolute Gasteiger partial charge is 0.481 e. The summed E-state index contributed by atoms with van der Waals surface area (Å²) in [6, 6.07) is 7.58. The standard InChI is InChI=1S/C15H18ClNO3/c1-2-17(7-6-14(18)19)15(20)13-9-12(13)10-4-3-5-11(16)8-10/h3-5,8,12-13H,2,6-7,9H2,1H3,(H,18,19). The highest BCUT2D eigenvalue weighted by molar-refractivity contribution is 6.30. The molecule has 1 aromatic rings. The number of carbonyl (C=O) groups is 2. The van der Waals surface area contributed by atoms with Crippen LogP contribution in [0, 0.1) is 5.92 Å². The van der Waals surface area contributed by atoms with E-state index in [4.69, 9.17) is 16.7 Å². The molecule has 4 nitrogen and oxygen atoms in total. The van der Waals surface area contributed by atoms with Crippen molar-refractivity contribution in [2.24, 2.45) is 5.92 Å². The minimum atomic E-state index is -0.876. The monoisotopic (exact) mass is 295 g/mol. The summed E-state index contributed by atoms with van der Waals surface area (Å²) in [5, 5.41) is 9.38. The third kappa shape index (κ3) is 3.51. The van der Waals surface area contributed by atoms with Crippen LogP contribution in [-0.4, -0.2) is 35.0 Å². The van der Waals surface area contributed by atoms with Crippen LogP contribution in [0.1, 0.15) is 31.2 Å². The molecule has 2 rings (SSSR count). The fourth-order valence-corrected chi connectivity index (χ4v) is 2.66. The van der Waals surface area contributed by atoms with E-state index in [0.717, 1.165) is 12.0 Å². The average Bonchev–Trinajstić information content (AvgIpc) is 3.19. The van der Waals surface area contributed by atoms with Gasteiger partial charge in [-0.2, -0.15) is 0 Å². The van der Waals surface area contributed by atoms with Crippen molar-refractivity contribution in [3.8, 4) is 0 Å². The third-order valence-corrected chi connectivity index (χ3v) is 3.91. The van der Waals surface area contributed by atoms with Crippen LogP contribution in [0.3, 0.4) is 0 Å². The molecule has 1 N–H and O–H groups in total. The molecular formula is C15H18ClNO3. The number of hydrogen-bond acceptors (Lipinski definition) is 2. The van der Waals surface area contributed by atoms with Crippen LogP contribution in [0.4, 0.5) is 0 Å². The summed E-state index contributed by atoms with van der Waals surface area (Å²) in [7, 11) is 0. The highest BCUT2D eigenvalue weighted by atomic mass is 35.5. The van der Waals surface area contributed by atoms with Gasteiger partial charge >= 0.3 is 5.97 Å². The van der Waals surface area contributed by atoms with Crippen LogP contribution < -0.4 is 0 Å². The lowest BCUT2D eigenvalue weighted by Crippen LogP contribution is -2.34. The zero-order valence-corrected chi connectivity index (χ0v) is 12.1. The van der Waals surface area contributed by atoms with Crippen LogP contribution in [0.25, 0.3) is 0 Å². The first-order valence-corrected chi connectivity index (χ1v) is 7.16. The molecule has 5 heteroatoms. The molecule has 20 heavy (non-hydrogen) atoms. The lowest BCUT2D eigenvalue weighted by molar-refractivity contribution is -0.138. The maximum Gasteiger partial charge on any atom is 0.305 e. The molecule has 0 spiro atoms. The van der Waals surface area contributed by atoms with Crippen LogP contribution >= 0.6 is 11.6 Å². The van der Waals surface area contributed by atoms with Gasteiger partial charge in [-0.15, -0.1) is 0 Å². The molecular weight excluding hydrogens is 278 g/mol. The molecule has 1 saturated carbocycles. The Morgan fingerprint density at radius 3 is 2.80 bits per heavy atom. The Labute approximate surface area is 123 Å². The molecule has 1 aliphatic carbocycles. The molecule has 0 aromatic heterocycles. The first kappa shape index (κ1) is 14.9. The third-order valence-electron chi connectivity index (χ3n) is 3.67. The number of carboxylic acid groups (broad SMARTS) is 1. The van der Waals surface area contributed by atoms with Gasteiger partial charge in [-0.05, 0) is 37.0 Å². The molecule has 1 aromatic carbocycles. The van der Waals surface area contributed by atoms with Crippen molar-refractivity contribution in [1.29, 1.82) is 0 Å². The summed E-state index contributed by atoms with van der Waals surface area (Å²) >= 11 is 5.96. The first-order valence-electron chi connectivity index (χ1n) is 6.79. The number of carbonyl (C=O) groups excluding carboxylic acids is 1. The summed E-state index contributed by atoms with van der Waals surface area (Å²) < 4.78 is 0. The van der Waals surface area contributed by atoms with E-state index in [9.17, 15) is 9.59 Å². The van der Waals surface area contributed by atoms with Gasteiger partial charge in [0.05, 0.1) is 6.42 Å². The maximum absolute atomic E-state index is 12.3.